The molecule has 1 rings (SSSR count). The highest BCUT2D eigenvalue weighted by atomic mass is 32.2. The Kier molecular flexibility index (Phi) is 8.04. The average Bonchev–Trinajstić information content (AvgIpc) is 2.59. The lowest BCUT2D eigenvalue weighted by molar-refractivity contribution is -0.129. The van der Waals surface area contributed by atoms with E-state index >= 15 is 0 Å². The van der Waals surface area contributed by atoms with Gasteiger partial charge in [-0.15, -0.1) is 0 Å². The van der Waals surface area contributed by atoms with Crippen LogP contribution >= 0.6 is 0 Å². The van der Waals surface area contributed by atoms with Crippen LogP contribution in [0, 0.1) is 11.3 Å². The summed E-state index contributed by atoms with van der Waals surface area (Å²) < 4.78 is 31.3. The summed E-state index contributed by atoms with van der Waals surface area (Å²) in [5, 5.41) is 11.0. The maximum absolute atomic E-state index is 12.0. The van der Waals surface area contributed by atoms with Crippen molar-refractivity contribution < 1.29 is 22.7 Å². The van der Waals surface area contributed by atoms with Crippen LogP contribution in [0.25, 0.3) is 0 Å². The van der Waals surface area contributed by atoms with Crippen LogP contribution < -0.4 is 10.0 Å². The molecule has 0 saturated heterocycles. The van der Waals surface area contributed by atoms with Crippen LogP contribution in [-0.4, -0.2) is 39.5 Å². The van der Waals surface area contributed by atoms with Crippen LogP contribution in [0.2, 0.25) is 0 Å². The van der Waals surface area contributed by atoms with Gasteiger partial charge in [0.1, 0.15) is 0 Å². The first-order valence-electron chi connectivity index (χ1n) is 7.77. The second-order valence-corrected chi connectivity index (χ2v) is 6.94. The lowest BCUT2D eigenvalue weighted by Gasteiger charge is -2.13. The molecule has 0 unspecified atom stereocenters. The Morgan fingerprint density at radius 2 is 1.88 bits per heavy atom. The molecule has 1 aromatic carbocycles. The zero-order chi connectivity index (χ0) is 18.9. The number of nitrogens with one attached hydrogen (secondary N) is 2. The second kappa shape index (κ2) is 9.76. The fourth-order valence-electron chi connectivity index (χ4n) is 1.77. The van der Waals surface area contributed by atoms with Crippen molar-refractivity contribution in [3.63, 3.8) is 0 Å². The molecule has 8 nitrogen and oxygen atoms in total. The van der Waals surface area contributed by atoms with Crippen molar-refractivity contribution in [1.82, 2.24) is 10.0 Å². The van der Waals surface area contributed by atoms with Gasteiger partial charge in [-0.3, -0.25) is 4.79 Å². The van der Waals surface area contributed by atoms with Crippen LogP contribution in [-0.2, 0) is 19.6 Å². The van der Waals surface area contributed by atoms with Crippen molar-refractivity contribution in [2.45, 2.75) is 37.7 Å². The number of ether oxygens (including phenoxy) is 1. The number of esters is 1. The highest BCUT2D eigenvalue weighted by Gasteiger charge is 2.19. The Labute approximate surface area is 147 Å². The third kappa shape index (κ3) is 6.52. The van der Waals surface area contributed by atoms with Crippen molar-refractivity contribution in [3.8, 4) is 6.07 Å². The van der Waals surface area contributed by atoms with Crippen LogP contribution in [0.15, 0.2) is 29.2 Å². The number of hydrogen-bond acceptors (Lipinski definition) is 6. The number of carbonyl (C=O) groups excluding carboxylic acids is 2. The predicted octanol–water partition coefficient (Wildman–Crippen LogP) is 0.950. The normalized spacial score (nSPS) is 12.0. The van der Waals surface area contributed by atoms with E-state index in [1.807, 2.05) is 13.0 Å². The molecule has 0 spiro atoms. The number of carbonyl (C=O) groups is 2. The van der Waals surface area contributed by atoms with E-state index in [1.165, 1.54) is 31.2 Å². The summed E-state index contributed by atoms with van der Waals surface area (Å²) in [7, 11) is -3.74. The Bertz CT molecular complexity index is 738. The van der Waals surface area contributed by atoms with Crippen molar-refractivity contribution in [2.24, 2.45) is 0 Å². The topological polar surface area (TPSA) is 125 Å². The fraction of sp³-hybridized carbons (Fsp3) is 0.438. The number of benzene rings is 1. The molecule has 0 aliphatic heterocycles. The summed E-state index contributed by atoms with van der Waals surface area (Å²) in [4.78, 5) is 23.7. The SMILES string of the molecule is CCCNC(=O)[C@H](C)OC(=O)c1ccc(S(=O)(=O)NCCC#N)cc1. The van der Waals surface area contributed by atoms with E-state index in [0.717, 1.165) is 6.42 Å². The molecular formula is C16H21N3O5S. The third-order valence-corrected chi connectivity index (χ3v) is 4.61. The maximum Gasteiger partial charge on any atom is 0.338 e. The zero-order valence-electron chi connectivity index (χ0n) is 14.1. The first kappa shape index (κ1) is 20.6. The molecule has 136 valence electrons. The van der Waals surface area contributed by atoms with Gasteiger partial charge in [-0.2, -0.15) is 5.26 Å². The molecule has 1 atom stereocenters. The smallest absolute Gasteiger partial charge is 0.338 e. The molecule has 0 aromatic heterocycles. The molecule has 2 N–H and O–H groups in total. The van der Waals surface area contributed by atoms with E-state index in [4.69, 9.17) is 10.00 Å². The van der Waals surface area contributed by atoms with Gasteiger partial charge in [-0.25, -0.2) is 17.9 Å². The molecule has 1 amide bonds. The molecule has 0 fully saturated rings. The van der Waals surface area contributed by atoms with Gasteiger partial charge >= 0.3 is 5.97 Å². The van der Waals surface area contributed by atoms with Gasteiger partial charge in [0.05, 0.1) is 16.5 Å². The molecule has 0 aliphatic carbocycles. The number of rotatable bonds is 9. The third-order valence-electron chi connectivity index (χ3n) is 3.13. The van der Waals surface area contributed by atoms with Crippen molar-refractivity contribution >= 4 is 21.9 Å². The van der Waals surface area contributed by atoms with Crippen LogP contribution in [0.3, 0.4) is 0 Å². The van der Waals surface area contributed by atoms with E-state index in [1.54, 1.807) is 0 Å². The maximum atomic E-state index is 12.0. The number of hydrogen-bond donors (Lipinski definition) is 2. The van der Waals surface area contributed by atoms with Crippen molar-refractivity contribution in [3.05, 3.63) is 29.8 Å². The van der Waals surface area contributed by atoms with E-state index in [2.05, 4.69) is 10.0 Å². The van der Waals surface area contributed by atoms with Gasteiger partial charge in [0, 0.05) is 19.5 Å². The summed E-state index contributed by atoms with van der Waals surface area (Å²) in [5.41, 5.74) is 0.131. The molecule has 0 bridgehead atoms. The number of nitrogens with zero attached hydrogens (tertiary/aromatic N) is 1. The summed E-state index contributed by atoms with van der Waals surface area (Å²) in [5.74, 6) is -1.11. The van der Waals surface area contributed by atoms with Gasteiger partial charge in [-0.1, -0.05) is 6.92 Å². The summed E-state index contributed by atoms with van der Waals surface area (Å²) >= 11 is 0. The first-order valence-corrected chi connectivity index (χ1v) is 9.25. The molecule has 0 radical (unpaired) electrons. The standard InChI is InChI=1S/C16H21N3O5S/c1-3-10-18-15(20)12(2)24-16(21)13-5-7-14(8-6-13)25(22,23)19-11-4-9-17/h5-8,12,19H,3-4,10-11H2,1-2H3,(H,18,20)/t12-/m0/s1. The molecule has 0 heterocycles. The Balaban J connectivity index is 2.71. The molecule has 0 aliphatic rings. The molecule has 25 heavy (non-hydrogen) atoms. The first-order chi connectivity index (χ1) is 11.8. The predicted molar refractivity (Wildman–Crippen MR) is 90.0 cm³/mol. The van der Waals surface area contributed by atoms with Crippen molar-refractivity contribution in [2.75, 3.05) is 13.1 Å². The molecule has 0 saturated carbocycles. The Hall–Kier alpha value is -2.44. The Morgan fingerprint density at radius 3 is 2.44 bits per heavy atom. The quantitative estimate of drug-likeness (QED) is 0.494. The van der Waals surface area contributed by atoms with E-state index in [0.29, 0.717) is 6.54 Å². The summed E-state index contributed by atoms with van der Waals surface area (Å²) in [6.45, 7) is 3.86. The number of sulfonamides is 1. The van der Waals surface area contributed by atoms with Gasteiger partial charge in [-0.05, 0) is 37.6 Å². The minimum Gasteiger partial charge on any atom is -0.449 e. The lowest BCUT2D eigenvalue weighted by Crippen LogP contribution is -2.36. The van der Waals surface area contributed by atoms with Crippen LogP contribution in [0.4, 0.5) is 0 Å². The summed E-state index contributed by atoms with van der Waals surface area (Å²) in [6.07, 6.45) is -0.123. The second-order valence-electron chi connectivity index (χ2n) is 5.17. The highest BCUT2D eigenvalue weighted by Crippen LogP contribution is 2.12. The fourth-order valence-corrected chi connectivity index (χ4v) is 2.80. The minimum absolute atomic E-state index is 0.00696. The number of nitriles is 1. The van der Waals surface area contributed by atoms with Gasteiger partial charge in [0.25, 0.3) is 5.91 Å². The van der Waals surface area contributed by atoms with Crippen molar-refractivity contribution in [1.29, 1.82) is 5.26 Å². The Morgan fingerprint density at radius 1 is 1.24 bits per heavy atom. The molecule has 9 heteroatoms. The zero-order valence-corrected chi connectivity index (χ0v) is 14.9. The van der Waals surface area contributed by atoms with E-state index in [-0.39, 0.29) is 23.4 Å². The van der Waals surface area contributed by atoms with Crippen LogP contribution in [0.5, 0.6) is 0 Å². The number of amides is 1. The van der Waals surface area contributed by atoms with E-state index in [9.17, 15) is 18.0 Å². The van der Waals surface area contributed by atoms with Crippen LogP contribution in [0.1, 0.15) is 37.0 Å². The van der Waals surface area contributed by atoms with Gasteiger partial charge < -0.3 is 10.1 Å². The highest BCUT2D eigenvalue weighted by molar-refractivity contribution is 7.89. The minimum atomic E-state index is -3.74. The lowest BCUT2D eigenvalue weighted by atomic mass is 10.2. The van der Waals surface area contributed by atoms with Gasteiger partial charge in [0.2, 0.25) is 10.0 Å². The summed E-state index contributed by atoms with van der Waals surface area (Å²) in [6, 6.07) is 6.96. The van der Waals surface area contributed by atoms with E-state index < -0.39 is 28.0 Å². The molecular weight excluding hydrogens is 346 g/mol. The monoisotopic (exact) mass is 367 g/mol. The molecule has 1 aromatic rings. The van der Waals surface area contributed by atoms with Gasteiger partial charge in [0.15, 0.2) is 6.10 Å². The average molecular weight is 367 g/mol. The largest absolute Gasteiger partial charge is 0.449 e.